The lowest BCUT2D eigenvalue weighted by Crippen LogP contribution is -2.64. The van der Waals surface area contributed by atoms with E-state index in [-0.39, 0.29) is 43.9 Å². The number of rotatable bonds is 8. The first kappa shape index (κ1) is 24.9. The molecule has 2 aliphatic rings. The van der Waals surface area contributed by atoms with Crippen LogP contribution in [-0.4, -0.2) is 77.5 Å². The molecule has 3 atom stereocenters. The molecule has 3 rings (SSSR count). The number of ketones is 1. The second kappa shape index (κ2) is 10.9. The van der Waals surface area contributed by atoms with E-state index in [1.165, 1.54) is 19.0 Å². The van der Waals surface area contributed by atoms with E-state index in [0.717, 1.165) is 5.01 Å². The summed E-state index contributed by atoms with van der Waals surface area (Å²) in [6.45, 7) is 1.57. The van der Waals surface area contributed by atoms with Crippen molar-refractivity contribution in [2.75, 3.05) is 13.7 Å². The van der Waals surface area contributed by atoms with Gasteiger partial charge in [0.2, 0.25) is 11.8 Å². The van der Waals surface area contributed by atoms with Crippen LogP contribution in [0.2, 0.25) is 0 Å². The number of amides is 4. The number of methoxy groups -OCH3 is 1. The molecule has 2 heterocycles. The number of Topliss-reactive ketones (excluding diaryl/α,β-unsaturated/α-hetero) is 1. The summed E-state index contributed by atoms with van der Waals surface area (Å²) in [5.74, 6) is -1.74. The van der Waals surface area contributed by atoms with Crippen molar-refractivity contribution >= 4 is 35.7 Å². The maximum atomic E-state index is 13.4. The topological polar surface area (TPSA) is 142 Å². The van der Waals surface area contributed by atoms with Crippen LogP contribution in [0.15, 0.2) is 24.3 Å². The Morgan fingerprint density at radius 2 is 1.88 bits per heavy atom. The Kier molecular flexibility index (Phi) is 7.98. The minimum atomic E-state index is -1.04. The standard InChI is InChI=1S/C23H28N4O7/c1-14(29)12-16(13-28)24-22(32)19-4-3-11-26-20(30)10-9-18(23(33)27(19)26)25-21(31)15-5-7-17(34-2)8-6-15/h5-8,13,16,18-19H,3-4,9-12H2,1-2H3,(H,24,32)(H,25,31)/t16-,18-,19-/m0/s1. The predicted molar refractivity (Wildman–Crippen MR) is 118 cm³/mol. The molecule has 0 unspecified atom stereocenters. The van der Waals surface area contributed by atoms with Crippen molar-refractivity contribution in [2.45, 2.75) is 57.2 Å². The molecule has 11 heteroatoms. The third-order valence-corrected chi connectivity index (χ3v) is 5.82. The van der Waals surface area contributed by atoms with Crippen molar-refractivity contribution in [1.82, 2.24) is 20.7 Å². The molecule has 0 spiro atoms. The lowest BCUT2D eigenvalue weighted by molar-refractivity contribution is -0.176. The molecule has 0 aromatic heterocycles. The largest absolute Gasteiger partial charge is 0.497 e. The molecule has 11 nitrogen and oxygen atoms in total. The van der Waals surface area contributed by atoms with Gasteiger partial charge in [-0.2, -0.15) is 0 Å². The number of aldehydes is 1. The van der Waals surface area contributed by atoms with E-state index in [0.29, 0.717) is 24.0 Å². The van der Waals surface area contributed by atoms with Crippen LogP contribution in [0.4, 0.5) is 0 Å². The van der Waals surface area contributed by atoms with Gasteiger partial charge < -0.3 is 20.2 Å². The Hall–Kier alpha value is -3.76. The molecule has 1 aromatic rings. The summed E-state index contributed by atoms with van der Waals surface area (Å²) in [6, 6.07) is 3.25. The minimum Gasteiger partial charge on any atom is -0.497 e. The van der Waals surface area contributed by atoms with Crippen molar-refractivity contribution in [3.63, 3.8) is 0 Å². The van der Waals surface area contributed by atoms with Crippen LogP contribution in [0.25, 0.3) is 0 Å². The highest BCUT2D eigenvalue weighted by atomic mass is 16.5. The first-order chi connectivity index (χ1) is 16.2. The summed E-state index contributed by atoms with van der Waals surface area (Å²) in [4.78, 5) is 74.5. The third-order valence-electron chi connectivity index (χ3n) is 5.82. The summed E-state index contributed by atoms with van der Waals surface area (Å²) in [5, 5.41) is 7.51. The fourth-order valence-electron chi connectivity index (χ4n) is 4.11. The van der Waals surface area contributed by atoms with Crippen LogP contribution < -0.4 is 15.4 Å². The molecule has 182 valence electrons. The normalized spacial score (nSPS) is 21.1. The average Bonchev–Trinajstić information content (AvgIpc) is 2.95. The van der Waals surface area contributed by atoms with Crippen molar-refractivity contribution < 1.29 is 33.5 Å². The Morgan fingerprint density at radius 1 is 1.18 bits per heavy atom. The lowest BCUT2D eigenvalue weighted by atomic mass is 10.0. The first-order valence-electron chi connectivity index (χ1n) is 11.1. The molecule has 2 N–H and O–H groups in total. The van der Waals surface area contributed by atoms with Crippen LogP contribution in [0.1, 0.15) is 49.4 Å². The van der Waals surface area contributed by atoms with E-state index in [9.17, 15) is 28.8 Å². The summed E-state index contributed by atoms with van der Waals surface area (Å²) >= 11 is 0. The number of nitrogens with zero attached hydrogens (tertiary/aromatic N) is 2. The fraction of sp³-hybridized carbons (Fsp3) is 0.478. The van der Waals surface area contributed by atoms with Crippen molar-refractivity contribution in [1.29, 1.82) is 0 Å². The zero-order valence-corrected chi connectivity index (χ0v) is 19.1. The molecule has 0 radical (unpaired) electrons. The van der Waals surface area contributed by atoms with Crippen LogP contribution in [-0.2, 0) is 24.0 Å². The number of nitrogens with one attached hydrogen (secondary N) is 2. The second-order valence-electron chi connectivity index (χ2n) is 8.31. The maximum absolute atomic E-state index is 13.4. The molecule has 4 amide bonds. The van der Waals surface area contributed by atoms with Gasteiger partial charge in [-0.3, -0.25) is 29.0 Å². The molecule has 1 aromatic carbocycles. The van der Waals surface area contributed by atoms with E-state index in [2.05, 4.69) is 10.6 Å². The lowest BCUT2D eigenvalue weighted by Gasteiger charge is -2.43. The summed E-state index contributed by atoms with van der Waals surface area (Å²) < 4.78 is 5.08. The number of carbonyl (C=O) groups excluding carboxylic acids is 6. The molecule has 2 saturated heterocycles. The van der Waals surface area contributed by atoms with E-state index >= 15 is 0 Å². The average molecular weight is 472 g/mol. The quantitative estimate of drug-likeness (QED) is 0.507. The second-order valence-corrected chi connectivity index (χ2v) is 8.31. The van der Waals surface area contributed by atoms with Gasteiger partial charge in [0.15, 0.2) is 0 Å². The van der Waals surface area contributed by atoms with E-state index < -0.39 is 35.8 Å². The third kappa shape index (κ3) is 5.59. The minimum absolute atomic E-state index is 0.0193. The van der Waals surface area contributed by atoms with Gasteiger partial charge in [0, 0.05) is 24.9 Å². The van der Waals surface area contributed by atoms with E-state index in [4.69, 9.17) is 4.74 Å². The van der Waals surface area contributed by atoms with E-state index in [1.54, 1.807) is 24.3 Å². The Morgan fingerprint density at radius 3 is 2.50 bits per heavy atom. The zero-order valence-electron chi connectivity index (χ0n) is 19.1. The highest BCUT2D eigenvalue weighted by Crippen LogP contribution is 2.25. The molecule has 2 aliphatic heterocycles. The Bertz CT molecular complexity index is 978. The highest BCUT2D eigenvalue weighted by molar-refractivity contribution is 6.00. The van der Waals surface area contributed by atoms with Crippen LogP contribution >= 0.6 is 0 Å². The fourth-order valence-corrected chi connectivity index (χ4v) is 4.11. The van der Waals surface area contributed by atoms with Crippen LogP contribution in [0.3, 0.4) is 0 Å². The number of ether oxygens (including phenoxy) is 1. The van der Waals surface area contributed by atoms with Gasteiger partial charge in [0.1, 0.15) is 29.9 Å². The monoisotopic (exact) mass is 472 g/mol. The van der Waals surface area contributed by atoms with Crippen molar-refractivity contribution in [2.24, 2.45) is 0 Å². The number of hydrogen-bond acceptors (Lipinski definition) is 7. The van der Waals surface area contributed by atoms with Crippen molar-refractivity contribution in [3.8, 4) is 5.75 Å². The number of hydrazine groups is 1. The molecule has 34 heavy (non-hydrogen) atoms. The van der Waals surface area contributed by atoms with Gasteiger partial charge in [-0.1, -0.05) is 0 Å². The van der Waals surface area contributed by atoms with Gasteiger partial charge in [0.05, 0.1) is 13.2 Å². The Balaban J connectivity index is 1.79. The molecule has 2 fully saturated rings. The maximum Gasteiger partial charge on any atom is 0.264 e. The van der Waals surface area contributed by atoms with E-state index in [1.807, 2.05) is 0 Å². The number of fused-ring (bicyclic) bond motifs is 1. The first-order valence-corrected chi connectivity index (χ1v) is 11.1. The smallest absolute Gasteiger partial charge is 0.264 e. The SMILES string of the molecule is COc1ccc(C(=O)N[C@H]2CCC(=O)N3CCC[C@@H](C(=O)N[C@H](C=O)CC(C)=O)N3C2=O)cc1. The van der Waals surface area contributed by atoms with Crippen LogP contribution in [0, 0.1) is 0 Å². The summed E-state index contributed by atoms with van der Waals surface area (Å²) in [5.41, 5.74) is 0.312. The summed E-state index contributed by atoms with van der Waals surface area (Å²) in [6.07, 6.45) is 1.15. The highest BCUT2D eigenvalue weighted by Gasteiger charge is 2.44. The molecule has 0 saturated carbocycles. The van der Waals surface area contributed by atoms with Crippen LogP contribution in [0.5, 0.6) is 5.75 Å². The number of benzene rings is 1. The predicted octanol–water partition coefficient (Wildman–Crippen LogP) is -0.0152. The molecular formula is C23H28N4O7. The Labute approximate surface area is 196 Å². The summed E-state index contributed by atoms with van der Waals surface area (Å²) in [7, 11) is 1.50. The van der Waals surface area contributed by atoms with Gasteiger partial charge in [0.25, 0.3) is 11.8 Å². The molecule has 0 bridgehead atoms. The number of carbonyl (C=O) groups is 6. The van der Waals surface area contributed by atoms with Gasteiger partial charge >= 0.3 is 0 Å². The molecular weight excluding hydrogens is 444 g/mol. The molecule has 0 aliphatic carbocycles. The van der Waals surface area contributed by atoms with Gasteiger partial charge in [-0.25, -0.2) is 5.01 Å². The number of hydrogen-bond donors (Lipinski definition) is 2. The zero-order chi connectivity index (χ0) is 24.8. The van der Waals surface area contributed by atoms with Gasteiger partial charge in [-0.05, 0) is 50.5 Å². The van der Waals surface area contributed by atoms with Gasteiger partial charge in [-0.15, -0.1) is 0 Å². The van der Waals surface area contributed by atoms with Crippen molar-refractivity contribution in [3.05, 3.63) is 29.8 Å².